The second-order valence-corrected chi connectivity index (χ2v) is 5.23. The van der Waals surface area contributed by atoms with Crippen molar-refractivity contribution in [2.24, 2.45) is 7.05 Å². The van der Waals surface area contributed by atoms with Crippen LogP contribution in [0, 0.1) is 0 Å². The molecule has 1 amide bonds. The number of halogens is 4. The number of aryl methyl sites for hydroxylation is 1. The van der Waals surface area contributed by atoms with Crippen LogP contribution in [0.1, 0.15) is 16.1 Å². The summed E-state index contributed by atoms with van der Waals surface area (Å²) in [6, 6.07) is 5.66. The molecular formula is C15H12ClF3N2O3. The van der Waals surface area contributed by atoms with Gasteiger partial charge < -0.3 is 14.6 Å². The first-order valence-corrected chi connectivity index (χ1v) is 7.01. The van der Waals surface area contributed by atoms with Crippen molar-refractivity contribution >= 4 is 29.2 Å². The maximum absolute atomic E-state index is 12.7. The summed E-state index contributed by atoms with van der Waals surface area (Å²) in [6.07, 6.45) is -2.94. The molecule has 0 unspecified atom stereocenters. The molecule has 9 heteroatoms. The van der Waals surface area contributed by atoms with Crippen molar-refractivity contribution in [3.8, 4) is 0 Å². The van der Waals surface area contributed by atoms with Crippen molar-refractivity contribution in [3.05, 3.63) is 52.8 Å². The van der Waals surface area contributed by atoms with Crippen LogP contribution in [0.4, 0.5) is 18.9 Å². The van der Waals surface area contributed by atoms with Gasteiger partial charge in [-0.3, -0.25) is 4.79 Å². The Morgan fingerprint density at radius 2 is 2.00 bits per heavy atom. The molecule has 24 heavy (non-hydrogen) atoms. The average Bonchev–Trinajstić information content (AvgIpc) is 2.92. The number of amides is 1. The summed E-state index contributed by atoms with van der Waals surface area (Å²) in [4.78, 5) is 23.5. The predicted octanol–water partition coefficient (Wildman–Crippen LogP) is 3.49. The van der Waals surface area contributed by atoms with Crippen molar-refractivity contribution in [1.29, 1.82) is 0 Å². The maximum atomic E-state index is 12.7. The minimum absolute atomic E-state index is 0.0647. The van der Waals surface area contributed by atoms with Crippen molar-refractivity contribution in [1.82, 2.24) is 4.57 Å². The van der Waals surface area contributed by atoms with Crippen LogP contribution in [0.5, 0.6) is 0 Å². The second kappa shape index (κ2) is 6.96. The van der Waals surface area contributed by atoms with Gasteiger partial charge in [0.05, 0.1) is 16.3 Å². The standard InChI is InChI=1S/C15H12ClF3N2O3/c1-21-6-2-3-12(21)14(23)24-8-13(22)20-11-7-9(15(17,18)19)4-5-10(11)16/h2-7H,8H2,1H3,(H,20,22). The molecule has 0 saturated heterocycles. The lowest BCUT2D eigenvalue weighted by atomic mass is 10.2. The Kier molecular flexibility index (Phi) is 5.18. The highest BCUT2D eigenvalue weighted by Gasteiger charge is 2.31. The highest BCUT2D eigenvalue weighted by molar-refractivity contribution is 6.33. The number of carbonyl (C=O) groups is 2. The number of carbonyl (C=O) groups excluding carboxylic acids is 2. The van der Waals surface area contributed by atoms with Gasteiger partial charge in [-0.05, 0) is 30.3 Å². The van der Waals surface area contributed by atoms with Gasteiger partial charge in [0.1, 0.15) is 5.69 Å². The van der Waals surface area contributed by atoms with E-state index in [0.29, 0.717) is 6.07 Å². The number of alkyl halides is 3. The van der Waals surface area contributed by atoms with Crippen LogP contribution in [0.15, 0.2) is 36.5 Å². The van der Waals surface area contributed by atoms with Gasteiger partial charge in [0.2, 0.25) is 0 Å². The van der Waals surface area contributed by atoms with E-state index in [9.17, 15) is 22.8 Å². The van der Waals surface area contributed by atoms with Gasteiger partial charge >= 0.3 is 12.1 Å². The number of nitrogens with one attached hydrogen (secondary N) is 1. The average molecular weight is 361 g/mol. The van der Waals surface area contributed by atoms with Crippen molar-refractivity contribution < 1.29 is 27.5 Å². The zero-order chi connectivity index (χ0) is 17.9. The minimum Gasteiger partial charge on any atom is -0.451 e. The number of benzene rings is 1. The highest BCUT2D eigenvalue weighted by atomic mass is 35.5. The van der Waals surface area contributed by atoms with Gasteiger partial charge in [0.25, 0.3) is 5.91 Å². The highest BCUT2D eigenvalue weighted by Crippen LogP contribution is 2.33. The van der Waals surface area contributed by atoms with Gasteiger partial charge in [-0.15, -0.1) is 0 Å². The first kappa shape index (κ1) is 17.9. The summed E-state index contributed by atoms with van der Waals surface area (Å²) in [7, 11) is 1.62. The lowest BCUT2D eigenvalue weighted by Gasteiger charge is -2.12. The number of aromatic nitrogens is 1. The Morgan fingerprint density at radius 1 is 1.29 bits per heavy atom. The predicted molar refractivity (Wildman–Crippen MR) is 80.8 cm³/mol. The van der Waals surface area contributed by atoms with E-state index in [4.69, 9.17) is 16.3 Å². The maximum Gasteiger partial charge on any atom is 0.416 e. The third-order valence-corrected chi connectivity index (χ3v) is 3.38. The van der Waals surface area contributed by atoms with Crippen LogP contribution in [-0.4, -0.2) is 23.1 Å². The molecule has 1 N–H and O–H groups in total. The SMILES string of the molecule is Cn1cccc1C(=O)OCC(=O)Nc1cc(C(F)(F)F)ccc1Cl. The fraction of sp³-hybridized carbons (Fsp3) is 0.200. The van der Waals surface area contributed by atoms with Gasteiger partial charge in [-0.1, -0.05) is 11.6 Å². The Morgan fingerprint density at radius 3 is 2.58 bits per heavy atom. The zero-order valence-electron chi connectivity index (χ0n) is 12.4. The quantitative estimate of drug-likeness (QED) is 0.849. The Hall–Kier alpha value is -2.48. The summed E-state index contributed by atoms with van der Waals surface area (Å²) in [5.74, 6) is -1.54. The first-order valence-electron chi connectivity index (χ1n) is 6.63. The van der Waals surface area contributed by atoms with Crippen LogP contribution < -0.4 is 5.32 Å². The molecule has 2 aromatic rings. The number of anilines is 1. The fourth-order valence-electron chi connectivity index (χ4n) is 1.86. The Balaban J connectivity index is 2.00. The second-order valence-electron chi connectivity index (χ2n) is 4.82. The lowest BCUT2D eigenvalue weighted by molar-refractivity contribution is -0.137. The topological polar surface area (TPSA) is 60.3 Å². The molecule has 2 rings (SSSR count). The molecule has 0 bridgehead atoms. The minimum atomic E-state index is -4.57. The fourth-order valence-corrected chi connectivity index (χ4v) is 2.03. The van der Waals surface area contributed by atoms with E-state index in [2.05, 4.69) is 5.32 Å². The third kappa shape index (κ3) is 4.29. The van der Waals surface area contributed by atoms with Gasteiger partial charge in [0, 0.05) is 13.2 Å². The Bertz CT molecular complexity index is 772. The normalized spacial score (nSPS) is 11.2. The lowest BCUT2D eigenvalue weighted by Crippen LogP contribution is -2.22. The summed E-state index contributed by atoms with van der Waals surface area (Å²) >= 11 is 5.76. The number of rotatable bonds is 4. The largest absolute Gasteiger partial charge is 0.451 e. The van der Waals surface area contributed by atoms with Crippen LogP contribution in [0.2, 0.25) is 5.02 Å². The van der Waals surface area contributed by atoms with Crippen LogP contribution >= 0.6 is 11.6 Å². The molecule has 0 aliphatic carbocycles. The Labute approximate surface area is 140 Å². The van der Waals surface area contributed by atoms with Gasteiger partial charge in [0.15, 0.2) is 6.61 Å². The number of hydrogen-bond donors (Lipinski definition) is 1. The summed E-state index contributed by atoms with van der Waals surface area (Å²) < 4.78 is 44.3. The molecule has 0 aliphatic rings. The van der Waals surface area contributed by atoms with Crippen LogP contribution in [0.3, 0.4) is 0 Å². The first-order chi connectivity index (χ1) is 11.2. The van der Waals surface area contributed by atoms with E-state index in [1.807, 2.05) is 0 Å². The monoisotopic (exact) mass is 360 g/mol. The summed E-state index contributed by atoms with van der Waals surface area (Å²) in [6.45, 7) is -0.656. The van der Waals surface area contributed by atoms with Crippen molar-refractivity contribution in [2.75, 3.05) is 11.9 Å². The number of nitrogens with zero attached hydrogens (tertiary/aromatic N) is 1. The zero-order valence-corrected chi connectivity index (χ0v) is 13.1. The van der Waals surface area contributed by atoms with E-state index >= 15 is 0 Å². The van der Waals surface area contributed by atoms with Crippen LogP contribution in [0.25, 0.3) is 0 Å². The van der Waals surface area contributed by atoms with Gasteiger partial charge in [-0.25, -0.2) is 4.79 Å². The molecule has 0 aliphatic heterocycles. The molecule has 0 atom stereocenters. The summed E-state index contributed by atoms with van der Waals surface area (Å²) in [5.41, 5.74) is -0.936. The molecular weight excluding hydrogens is 349 g/mol. The molecule has 128 valence electrons. The number of esters is 1. The van der Waals surface area contributed by atoms with E-state index in [1.165, 1.54) is 10.6 Å². The molecule has 0 saturated carbocycles. The van der Waals surface area contributed by atoms with E-state index in [1.54, 1.807) is 19.3 Å². The number of hydrogen-bond acceptors (Lipinski definition) is 3. The molecule has 0 radical (unpaired) electrons. The van der Waals surface area contributed by atoms with Gasteiger partial charge in [-0.2, -0.15) is 13.2 Å². The molecule has 1 aromatic heterocycles. The molecule has 5 nitrogen and oxygen atoms in total. The van der Waals surface area contributed by atoms with E-state index in [0.717, 1.165) is 12.1 Å². The van der Waals surface area contributed by atoms with E-state index < -0.39 is 30.2 Å². The van der Waals surface area contributed by atoms with Crippen molar-refractivity contribution in [2.45, 2.75) is 6.18 Å². The van der Waals surface area contributed by atoms with Crippen molar-refractivity contribution in [3.63, 3.8) is 0 Å². The molecule has 0 fully saturated rings. The molecule has 1 aromatic carbocycles. The number of ether oxygens (including phenoxy) is 1. The summed E-state index contributed by atoms with van der Waals surface area (Å²) in [5, 5.41) is 2.12. The molecule has 0 spiro atoms. The molecule has 1 heterocycles. The third-order valence-electron chi connectivity index (χ3n) is 3.06. The smallest absolute Gasteiger partial charge is 0.416 e. The van der Waals surface area contributed by atoms with E-state index in [-0.39, 0.29) is 16.4 Å². The van der Waals surface area contributed by atoms with Crippen LogP contribution in [-0.2, 0) is 22.8 Å².